The lowest BCUT2D eigenvalue weighted by atomic mass is 10.2. The zero-order chi connectivity index (χ0) is 12.4. The van der Waals surface area contributed by atoms with Gasteiger partial charge in [-0.15, -0.1) is 0 Å². The first-order valence-electron chi connectivity index (χ1n) is 5.67. The Morgan fingerprint density at radius 3 is 2.50 bits per heavy atom. The van der Waals surface area contributed by atoms with Crippen LogP contribution in [0.1, 0.15) is 13.3 Å². The molecule has 5 heteroatoms. The van der Waals surface area contributed by atoms with Crippen molar-refractivity contribution in [1.82, 2.24) is 4.90 Å². The first-order chi connectivity index (χ1) is 7.56. The Kier molecular flexibility index (Phi) is 9.86. The third-order valence-corrected chi connectivity index (χ3v) is 2.19. The third-order valence-electron chi connectivity index (χ3n) is 2.19. The summed E-state index contributed by atoms with van der Waals surface area (Å²) in [6, 6.07) is 0. The molecule has 2 atom stereocenters. The van der Waals surface area contributed by atoms with Crippen molar-refractivity contribution in [2.45, 2.75) is 25.6 Å². The molecular weight excluding hydrogens is 210 g/mol. The minimum atomic E-state index is -0.490. The van der Waals surface area contributed by atoms with Crippen LogP contribution in [0.15, 0.2) is 0 Å². The normalized spacial score (nSPS) is 15.4. The molecule has 0 aliphatic heterocycles. The van der Waals surface area contributed by atoms with Crippen molar-refractivity contribution in [2.75, 3.05) is 47.1 Å². The predicted octanol–water partition coefficient (Wildman–Crippen LogP) is -0.287. The van der Waals surface area contributed by atoms with Gasteiger partial charge in [-0.25, -0.2) is 0 Å². The topological polar surface area (TPSA) is 62.2 Å². The van der Waals surface area contributed by atoms with Gasteiger partial charge in [0.2, 0.25) is 0 Å². The molecule has 0 radical (unpaired) electrons. The van der Waals surface area contributed by atoms with Crippen LogP contribution in [0.4, 0.5) is 0 Å². The Balaban J connectivity index is 3.42. The molecule has 0 aliphatic carbocycles. The van der Waals surface area contributed by atoms with Crippen LogP contribution in [0.2, 0.25) is 0 Å². The van der Waals surface area contributed by atoms with Crippen molar-refractivity contribution in [2.24, 2.45) is 0 Å². The van der Waals surface area contributed by atoms with Gasteiger partial charge in [0, 0.05) is 20.2 Å². The van der Waals surface area contributed by atoms with E-state index in [0.29, 0.717) is 32.8 Å². The van der Waals surface area contributed by atoms with Crippen LogP contribution in [-0.4, -0.2) is 74.4 Å². The van der Waals surface area contributed by atoms with Gasteiger partial charge >= 0.3 is 0 Å². The molecule has 5 nitrogen and oxygen atoms in total. The van der Waals surface area contributed by atoms with Crippen LogP contribution in [0.3, 0.4) is 0 Å². The van der Waals surface area contributed by atoms with Crippen molar-refractivity contribution in [1.29, 1.82) is 0 Å². The summed E-state index contributed by atoms with van der Waals surface area (Å²) in [5.74, 6) is 0. The number of aliphatic hydroxyl groups excluding tert-OH is 2. The molecule has 16 heavy (non-hydrogen) atoms. The molecule has 2 N–H and O–H groups in total. The van der Waals surface area contributed by atoms with Crippen molar-refractivity contribution in [3.8, 4) is 0 Å². The Morgan fingerprint density at radius 2 is 1.94 bits per heavy atom. The summed E-state index contributed by atoms with van der Waals surface area (Å²) in [6.45, 7) is 4.46. The van der Waals surface area contributed by atoms with Crippen LogP contribution in [0, 0.1) is 0 Å². The van der Waals surface area contributed by atoms with Crippen LogP contribution in [0.25, 0.3) is 0 Å². The van der Waals surface area contributed by atoms with Gasteiger partial charge < -0.3 is 24.6 Å². The van der Waals surface area contributed by atoms with E-state index < -0.39 is 6.10 Å². The standard InChI is InChI=1S/C11H25NO4/c1-10(13)4-5-12(2)8-11(14)9-16-7-6-15-3/h10-11,13-14H,4-9H2,1-3H3. The highest BCUT2D eigenvalue weighted by atomic mass is 16.5. The summed E-state index contributed by atoms with van der Waals surface area (Å²) in [7, 11) is 3.53. The first kappa shape index (κ1) is 15.8. The number of rotatable bonds is 10. The Morgan fingerprint density at radius 1 is 1.25 bits per heavy atom. The van der Waals surface area contributed by atoms with E-state index in [1.54, 1.807) is 14.0 Å². The van der Waals surface area contributed by atoms with Gasteiger partial charge in [0.25, 0.3) is 0 Å². The fourth-order valence-corrected chi connectivity index (χ4v) is 1.27. The summed E-state index contributed by atoms with van der Waals surface area (Å²) < 4.78 is 10.0. The van der Waals surface area contributed by atoms with E-state index in [1.807, 2.05) is 11.9 Å². The van der Waals surface area contributed by atoms with E-state index in [0.717, 1.165) is 6.54 Å². The molecular formula is C11H25NO4. The fraction of sp³-hybridized carbons (Fsp3) is 1.00. The van der Waals surface area contributed by atoms with E-state index in [9.17, 15) is 5.11 Å². The van der Waals surface area contributed by atoms with E-state index in [-0.39, 0.29) is 6.10 Å². The lowest BCUT2D eigenvalue weighted by molar-refractivity contribution is 0.00131. The highest BCUT2D eigenvalue weighted by Crippen LogP contribution is 1.96. The zero-order valence-corrected chi connectivity index (χ0v) is 10.6. The minimum Gasteiger partial charge on any atom is -0.393 e. The third kappa shape index (κ3) is 10.3. The lowest BCUT2D eigenvalue weighted by Gasteiger charge is -2.21. The molecule has 0 heterocycles. The van der Waals surface area contributed by atoms with E-state index in [1.165, 1.54) is 0 Å². The molecule has 0 aromatic heterocycles. The maximum absolute atomic E-state index is 9.61. The molecule has 0 amide bonds. The van der Waals surface area contributed by atoms with Gasteiger partial charge in [0.1, 0.15) is 0 Å². The average Bonchev–Trinajstić information content (AvgIpc) is 2.21. The maximum Gasteiger partial charge on any atom is 0.0900 e. The second-order valence-corrected chi connectivity index (χ2v) is 4.12. The number of ether oxygens (including phenoxy) is 2. The van der Waals surface area contributed by atoms with Crippen LogP contribution < -0.4 is 0 Å². The van der Waals surface area contributed by atoms with Crippen LogP contribution >= 0.6 is 0 Å². The lowest BCUT2D eigenvalue weighted by Crippen LogP contribution is -2.34. The molecule has 0 rings (SSSR count). The molecule has 0 spiro atoms. The second-order valence-electron chi connectivity index (χ2n) is 4.12. The summed E-state index contributed by atoms with van der Waals surface area (Å²) in [4.78, 5) is 1.98. The summed E-state index contributed by atoms with van der Waals surface area (Å²) in [5.41, 5.74) is 0. The monoisotopic (exact) mass is 235 g/mol. The summed E-state index contributed by atoms with van der Waals surface area (Å²) in [5, 5.41) is 18.7. The van der Waals surface area contributed by atoms with Gasteiger partial charge in [-0.2, -0.15) is 0 Å². The van der Waals surface area contributed by atoms with Gasteiger partial charge in [0.05, 0.1) is 32.0 Å². The quantitative estimate of drug-likeness (QED) is 0.510. The molecule has 0 saturated carbocycles. The van der Waals surface area contributed by atoms with Crippen molar-refractivity contribution in [3.05, 3.63) is 0 Å². The SMILES string of the molecule is COCCOCC(O)CN(C)CCC(C)O. The molecule has 98 valence electrons. The Labute approximate surface area is 98.0 Å². The maximum atomic E-state index is 9.61. The molecule has 0 aromatic carbocycles. The Hall–Kier alpha value is -0.200. The van der Waals surface area contributed by atoms with Gasteiger partial charge in [0.15, 0.2) is 0 Å². The molecule has 0 aromatic rings. The van der Waals surface area contributed by atoms with Gasteiger partial charge in [-0.1, -0.05) is 0 Å². The van der Waals surface area contributed by atoms with Crippen molar-refractivity contribution in [3.63, 3.8) is 0 Å². The summed E-state index contributed by atoms with van der Waals surface area (Å²) >= 11 is 0. The first-order valence-corrected chi connectivity index (χ1v) is 5.67. The molecule has 0 bridgehead atoms. The highest BCUT2D eigenvalue weighted by Gasteiger charge is 2.08. The largest absolute Gasteiger partial charge is 0.393 e. The summed E-state index contributed by atoms with van der Waals surface area (Å²) in [6.07, 6.45) is -0.0679. The minimum absolute atomic E-state index is 0.294. The number of likely N-dealkylation sites (N-methyl/N-ethyl adjacent to an activating group) is 1. The fourth-order valence-electron chi connectivity index (χ4n) is 1.27. The number of hydrogen-bond donors (Lipinski definition) is 2. The second kappa shape index (κ2) is 9.99. The number of methoxy groups -OCH3 is 1. The number of hydrogen-bond acceptors (Lipinski definition) is 5. The molecule has 2 unspecified atom stereocenters. The Bertz CT molecular complexity index is 155. The van der Waals surface area contributed by atoms with E-state index in [2.05, 4.69) is 0 Å². The smallest absolute Gasteiger partial charge is 0.0900 e. The average molecular weight is 235 g/mol. The highest BCUT2D eigenvalue weighted by molar-refractivity contribution is 4.62. The molecule has 0 aliphatic rings. The van der Waals surface area contributed by atoms with Crippen LogP contribution in [0.5, 0.6) is 0 Å². The predicted molar refractivity (Wildman–Crippen MR) is 62.5 cm³/mol. The van der Waals surface area contributed by atoms with E-state index in [4.69, 9.17) is 14.6 Å². The molecule has 0 fully saturated rings. The van der Waals surface area contributed by atoms with E-state index >= 15 is 0 Å². The van der Waals surface area contributed by atoms with Crippen molar-refractivity contribution >= 4 is 0 Å². The number of nitrogens with zero attached hydrogens (tertiary/aromatic N) is 1. The number of aliphatic hydroxyl groups is 2. The van der Waals surface area contributed by atoms with Gasteiger partial charge in [-0.05, 0) is 20.4 Å². The van der Waals surface area contributed by atoms with Gasteiger partial charge in [-0.3, -0.25) is 0 Å². The van der Waals surface area contributed by atoms with Crippen molar-refractivity contribution < 1.29 is 19.7 Å². The molecule has 0 saturated heterocycles. The van der Waals surface area contributed by atoms with Crippen LogP contribution in [-0.2, 0) is 9.47 Å². The zero-order valence-electron chi connectivity index (χ0n) is 10.6.